The van der Waals surface area contributed by atoms with E-state index >= 15 is 0 Å². The molecule has 1 aromatic rings. The maximum Gasteiger partial charge on any atom is 0.263 e. The number of nitrogens with zero attached hydrogens (tertiary/aromatic N) is 1. The van der Waals surface area contributed by atoms with Crippen molar-refractivity contribution in [1.29, 1.82) is 0 Å². The van der Waals surface area contributed by atoms with E-state index in [0.29, 0.717) is 18.1 Å². The van der Waals surface area contributed by atoms with Gasteiger partial charge >= 0.3 is 0 Å². The Morgan fingerprint density at radius 3 is 2.33 bits per heavy atom. The van der Waals surface area contributed by atoms with E-state index in [2.05, 4.69) is 5.43 Å². The van der Waals surface area contributed by atoms with Gasteiger partial charge in [-0.3, -0.25) is 15.1 Å². The molecule has 1 aromatic carbocycles. The lowest BCUT2D eigenvalue weighted by atomic mass is 10.4. The van der Waals surface area contributed by atoms with Gasteiger partial charge in [-0.1, -0.05) is 25.4 Å². The Hall–Kier alpha value is -1.19. The predicted molar refractivity (Wildman–Crippen MR) is 78.8 cm³/mol. The van der Waals surface area contributed by atoms with E-state index in [1.807, 2.05) is 18.7 Å². The van der Waals surface area contributed by atoms with E-state index in [1.165, 1.54) is 24.3 Å². The van der Waals surface area contributed by atoms with E-state index in [-0.39, 0.29) is 11.5 Å². The van der Waals surface area contributed by atoms with E-state index < -0.39 is 15.9 Å². The van der Waals surface area contributed by atoms with Crippen LogP contribution in [0, 0.1) is 0 Å². The second-order valence-electron chi connectivity index (χ2n) is 4.00. The molecule has 2 N–H and O–H groups in total. The van der Waals surface area contributed by atoms with Crippen molar-refractivity contribution < 1.29 is 18.0 Å². The summed E-state index contributed by atoms with van der Waals surface area (Å²) in [7, 11) is -3.83. The first-order chi connectivity index (χ1) is 9.89. The van der Waals surface area contributed by atoms with Gasteiger partial charge in [-0.15, -0.1) is 4.83 Å². The molecule has 0 aliphatic rings. The van der Waals surface area contributed by atoms with Crippen LogP contribution in [-0.4, -0.2) is 39.1 Å². The number of sulfonamides is 1. The quantitative estimate of drug-likeness (QED) is 0.690. The molecule has 0 aromatic heterocycles. The topological polar surface area (TPSA) is 87.7 Å². The average molecular weight is 336 g/mol. The van der Waals surface area contributed by atoms with Crippen LogP contribution in [0.2, 0.25) is 5.02 Å². The fourth-order valence-electron chi connectivity index (χ4n) is 1.39. The zero-order valence-corrected chi connectivity index (χ0v) is 13.4. The molecule has 0 aliphatic heterocycles. The highest BCUT2D eigenvalue weighted by Crippen LogP contribution is 2.13. The molecule has 0 atom stereocenters. The summed E-state index contributed by atoms with van der Waals surface area (Å²) in [5, 5.41) is 2.00. The number of halogens is 1. The van der Waals surface area contributed by atoms with Gasteiger partial charge in [-0.25, -0.2) is 8.42 Å². The van der Waals surface area contributed by atoms with Gasteiger partial charge in [0.15, 0.2) is 0 Å². The lowest BCUT2D eigenvalue weighted by molar-refractivity contribution is -0.166. The monoisotopic (exact) mass is 335 g/mol. The Morgan fingerprint density at radius 2 is 1.81 bits per heavy atom. The Balaban J connectivity index is 2.50. The normalized spacial score (nSPS) is 11.6. The Morgan fingerprint density at radius 1 is 1.24 bits per heavy atom. The summed E-state index contributed by atoms with van der Waals surface area (Å²) in [5.41, 5.74) is 2.08. The summed E-state index contributed by atoms with van der Waals surface area (Å²) in [4.78, 5) is 18.6. The van der Waals surface area contributed by atoms with E-state index in [9.17, 15) is 13.2 Å². The molecule has 0 unspecified atom stereocenters. The minimum absolute atomic E-state index is 0.00291. The van der Waals surface area contributed by atoms with Crippen LogP contribution in [0.5, 0.6) is 0 Å². The minimum atomic E-state index is -3.83. The number of nitrogens with one attached hydrogen (secondary N) is 2. The number of hydrogen-bond donors (Lipinski definition) is 2. The SMILES string of the molecule is CCN(CC)OCC(=O)NNS(=O)(=O)c1ccc(Cl)cc1. The first kappa shape index (κ1) is 17.9. The van der Waals surface area contributed by atoms with Gasteiger partial charge in [0.05, 0.1) is 4.90 Å². The average Bonchev–Trinajstić information content (AvgIpc) is 2.47. The molecule has 1 amide bonds. The zero-order valence-electron chi connectivity index (χ0n) is 11.8. The van der Waals surface area contributed by atoms with Crippen LogP contribution in [0.1, 0.15) is 13.8 Å². The highest BCUT2D eigenvalue weighted by Gasteiger charge is 2.15. The largest absolute Gasteiger partial charge is 0.289 e. The first-order valence-electron chi connectivity index (χ1n) is 6.33. The number of carbonyl (C=O) groups is 1. The van der Waals surface area contributed by atoms with Gasteiger partial charge in [0.1, 0.15) is 6.61 Å². The molecule has 0 aliphatic carbocycles. The summed E-state index contributed by atoms with van der Waals surface area (Å²) in [6.45, 7) is 4.74. The van der Waals surface area contributed by atoms with E-state index in [0.717, 1.165) is 0 Å². The minimum Gasteiger partial charge on any atom is -0.289 e. The van der Waals surface area contributed by atoms with Gasteiger partial charge in [-0.2, -0.15) is 5.06 Å². The number of hydrogen-bond acceptors (Lipinski definition) is 5. The maximum atomic E-state index is 11.9. The van der Waals surface area contributed by atoms with Crippen molar-refractivity contribution in [2.45, 2.75) is 18.7 Å². The van der Waals surface area contributed by atoms with Gasteiger partial charge < -0.3 is 0 Å². The van der Waals surface area contributed by atoms with E-state index in [4.69, 9.17) is 16.4 Å². The van der Waals surface area contributed by atoms with Crippen LogP contribution < -0.4 is 10.3 Å². The summed E-state index contributed by atoms with van der Waals surface area (Å²) < 4.78 is 23.8. The van der Waals surface area contributed by atoms with Crippen molar-refractivity contribution in [1.82, 2.24) is 15.3 Å². The summed E-state index contributed by atoms with van der Waals surface area (Å²) in [6, 6.07) is 5.56. The number of benzene rings is 1. The fraction of sp³-hybridized carbons (Fsp3) is 0.417. The smallest absolute Gasteiger partial charge is 0.263 e. The molecule has 9 heteroatoms. The van der Waals surface area contributed by atoms with Gasteiger partial charge in [0.2, 0.25) is 0 Å². The number of carbonyl (C=O) groups excluding carboxylic acids is 1. The molecule has 0 radical (unpaired) electrons. The van der Waals surface area contributed by atoms with Gasteiger partial charge in [-0.05, 0) is 24.3 Å². The molecule has 0 spiro atoms. The van der Waals surface area contributed by atoms with Crippen LogP contribution in [-0.2, 0) is 19.7 Å². The number of hydroxylamine groups is 2. The Bertz CT molecular complexity index is 558. The molecule has 0 saturated heterocycles. The van der Waals surface area contributed by atoms with Crippen molar-refractivity contribution in [2.24, 2.45) is 0 Å². The lowest BCUT2D eigenvalue weighted by Crippen LogP contribution is -2.44. The van der Waals surface area contributed by atoms with Crippen LogP contribution in [0.3, 0.4) is 0 Å². The maximum absolute atomic E-state index is 11.9. The molecule has 0 bridgehead atoms. The molecular weight excluding hydrogens is 318 g/mol. The van der Waals surface area contributed by atoms with Crippen LogP contribution >= 0.6 is 11.6 Å². The molecule has 1 rings (SSSR count). The molecule has 0 saturated carbocycles. The third-order valence-electron chi connectivity index (χ3n) is 2.53. The van der Waals surface area contributed by atoms with Crippen molar-refractivity contribution in [3.05, 3.63) is 29.3 Å². The standard InChI is InChI=1S/C12H18ClN3O4S/c1-3-16(4-2)20-9-12(17)14-15-21(18,19)11-7-5-10(13)6-8-11/h5-8,15H,3-4,9H2,1-2H3,(H,14,17). The number of rotatable bonds is 8. The molecule has 21 heavy (non-hydrogen) atoms. The van der Waals surface area contributed by atoms with Crippen molar-refractivity contribution in [2.75, 3.05) is 19.7 Å². The highest BCUT2D eigenvalue weighted by atomic mass is 35.5. The predicted octanol–water partition coefficient (Wildman–Crippen LogP) is 0.923. The third kappa shape index (κ3) is 5.98. The summed E-state index contributed by atoms with van der Waals surface area (Å²) in [5.74, 6) is -0.598. The molecule has 7 nitrogen and oxygen atoms in total. The van der Waals surface area contributed by atoms with Crippen LogP contribution in [0.4, 0.5) is 0 Å². The molecule has 0 heterocycles. The van der Waals surface area contributed by atoms with E-state index in [1.54, 1.807) is 5.06 Å². The number of hydrazine groups is 1. The van der Waals surface area contributed by atoms with Crippen LogP contribution in [0.15, 0.2) is 29.2 Å². The molecule has 0 fully saturated rings. The van der Waals surface area contributed by atoms with Gasteiger partial charge in [0, 0.05) is 18.1 Å². The Labute approximate surface area is 129 Å². The first-order valence-corrected chi connectivity index (χ1v) is 8.19. The molecular formula is C12H18ClN3O4S. The Kier molecular flexibility index (Phi) is 7.06. The third-order valence-corrected chi connectivity index (χ3v) is 4.05. The summed E-state index contributed by atoms with van der Waals surface area (Å²) >= 11 is 5.68. The lowest BCUT2D eigenvalue weighted by Gasteiger charge is -2.17. The van der Waals surface area contributed by atoms with Crippen LogP contribution in [0.25, 0.3) is 0 Å². The summed E-state index contributed by atoms with van der Waals surface area (Å²) in [6.07, 6.45) is 0. The highest BCUT2D eigenvalue weighted by molar-refractivity contribution is 7.89. The van der Waals surface area contributed by atoms with Crippen molar-refractivity contribution in [3.63, 3.8) is 0 Å². The molecule has 118 valence electrons. The second-order valence-corrected chi connectivity index (χ2v) is 6.11. The zero-order chi connectivity index (χ0) is 15.9. The fourth-order valence-corrected chi connectivity index (χ4v) is 2.38. The van der Waals surface area contributed by atoms with Crippen molar-refractivity contribution in [3.8, 4) is 0 Å². The van der Waals surface area contributed by atoms with Crippen molar-refractivity contribution >= 4 is 27.5 Å². The second kappa shape index (κ2) is 8.30. The van der Waals surface area contributed by atoms with Gasteiger partial charge in [0.25, 0.3) is 15.9 Å². The number of amides is 1.